The molecule has 0 radical (unpaired) electrons. The lowest BCUT2D eigenvalue weighted by Gasteiger charge is -1.39. The summed E-state index contributed by atoms with van der Waals surface area (Å²) in [6, 6.07) is 4.04. The quantitative estimate of drug-likeness (QED) is 0.434. The first-order valence-electron chi connectivity index (χ1n) is 1.47. The molecule has 1 rings (SSSR count). The minimum absolute atomic E-state index is 0. The molecule has 0 spiro atoms. The first kappa shape index (κ1) is 6.47. The zero-order valence-corrected chi connectivity index (χ0v) is 3.53. The van der Waals surface area contributed by atoms with Crippen LogP contribution in [0.4, 0.5) is 0 Å². The highest BCUT2D eigenvalue weighted by atomic mass is 32.1. The summed E-state index contributed by atoms with van der Waals surface area (Å²) in [6.07, 6.45) is 0. The summed E-state index contributed by atoms with van der Waals surface area (Å²) in [5, 5.41) is 4.08. The highest BCUT2D eigenvalue weighted by Gasteiger charge is 1.58. The fourth-order valence-electron chi connectivity index (χ4n) is 0.227. The molecule has 0 saturated carbocycles. The van der Waals surface area contributed by atoms with Crippen molar-refractivity contribution in [2.45, 2.75) is 0 Å². The molecule has 0 bridgehead atoms. The van der Waals surface area contributed by atoms with Gasteiger partial charge in [0.15, 0.2) is 0 Å². The van der Waals surface area contributed by atoms with Crippen molar-refractivity contribution in [1.82, 2.24) is 0 Å². The zero-order valence-electron chi connectivity index (χ0n) is 2.72. The fourth-order valence-corrected chi connectivity index (χ4v) is 0.680. The van der Waals surface area contributed by atoms with E-state index in [4.69, 9.17) is 0 Å². The van der Waals surface area contributed by atoms with Gasteiger partial charge in [-0.2, -0.15) is 11.3 Å². The van der Waals surface area contributed by atoms with Gasteiger partial charge in [0.25, 0.3) is 0 Å². The van der Waals surface area contributed by atoms with Gasteiger partial charge in [-0.1, -0.05) is 12.1 Å². The number of hydrogen-bond acceptors (Lipinski definition) is 1. The van der Waals surface area contributed by atoms with E-state index >= 15 is 0 Å². The van der Waals surface area contributed by atoms with Crippen LogP contribution in [0.3, 0.4) is 0 Å². The highest BCUT2D eigenvalue weighted by Crippen LogP contribution is 1.91. The maximum Gasteiger partial charge on any atom is 0.316 e. The molecular formula is C4H6MgS. The van der Waals surface area contributed by atoms with Gasteiger partial charge in [0.05, 0.1) is 0 Å². The van der Waals surface area contributed by atoms with Crippen molar-refractivity contribution in [1.29, 1.82) is 0 Å². The third-order valence-corrected chi connectivity index (χ3v) is 1.05. The molecule has 1 aromatic rings. The van der Waals surface area contributed by atoms with Crippen molar-refractivity contribution < 1.29 is 0 Å². The Kier molecular flexibility index (Phi) is 3.93. The van der Waals surface area contributed by atoms with E-state index in [9.17, 15) is 0 Å². The van der Waals surface area contributed by atoms with Gasteiger partial charge in [0, 0.05) is 0 Å². The second kappa shape index (κ2) is 3.65. The molecule has 0 N–H and O–H groups in total. The van der Waals surface area contributed by atoms with Gasteiger partial charge in [-0.05, 0) is 10.8 Å². The van der Waals surface area contributed by atoms with E-state index in [1.165, 1.54) is 0 Å². The van der Waals surface area contributed by atoms with Gasteiger partial charge in [0.2, 0.25) is 0 Å². The normalized spacial score (nSPS) is 6.67. The number of rotatable bonds is 0. The molecule has 2 heteroatoms. The SMILES string of the molecule is [MgH2].c1ccsc1. The Morgan fingerprint density at radius 2 is 1.50 bits per heavy atom. The monoisotopic (exact) mass is 110 g/mol. The maximum absolute atomic E-state index is 2.04. The third-order valence-electron chi connectivity index (χ3n) is 0.425. The standard InChI is InChI=1S/C4H4S.Mg.2H/c1-2-4-5-3-1;;;/h1-4H;;;. The summed E-state index contributed by atoms with van der Waals surface area (Å²) in [5.74, 6) is 0. The van der Waals surface area contributed by atoms with Crippen LogP contribution in [0.2, 0.25) is 0 Å². The van der Waals surface area contributed by atoms with E-state index < -0.39 is 0 Å². The molecule has 6 heavy (non-hydrogen) atoms. The Bertz CT molecular complexity index is 64.0. The topological polar surface area (TPSA) is 0 Å². The lowest BCUT2D eigenvalue weighted by atomic mass is 10.7. The molecule has 0 saturated heterocycles. The molecule has 0 aliphatic carbocycles. The Morgan fingerprint density at radius 3 is 1.67 bits per heavy atom. The van der Waals surface area contributed by atoms with Crippen LogP contribution < -0.4 is 0 Å². The van der Waals surface area contributed by atoms with E-state index in [0.29, 0.717) is 0 Å². The fraction of sp³-hybridized carbons (Fsp3) is 0. The zero-order chi connectivity index (χ0) is 3.54. The van der Waals surface area contributed by atoms with Gasteiger partial charge < -0.3 is 0 Å². The Labute approximate surface area is 57.3 Å². The van der Waals surface area contributed by atoms with Crippen molar-refractivity contribution in [3.05, 3.63) is 22.9 Å². The molecule has 0 aliphatic rings. The molecule has 0 aromatic carbocycles. The molecule has 1 aromatic heterocycles. The smallest absolute Gasteiger partial charge is 0.152 e. The maximum atomic E-state index is 2.04. The minimum atomic E-state index is 0. The lowest BCUT2D eigenvalue weighted by molar-refractivity contribution is 2.03. The minimum Gasteiger partial charge on any atom is -0.152 e. The van der Waals surface area contributed by atoms with Crippen LogP contribution in [0.25, 0.3) is 0 Å². The van der Waals surface area contributed by atoms with E-state index in [0.717, 1.165) is 0 Å². The Balaban J connectivity index is 0.000000250. The van der Waals surface area contributed by atoms with E-state index in [2.05, 4.69) is 0 Å². The highest BCUT2D eigenvalue weighted by molar-refractivity contribution is 7.07. The van der Waals surface area contributed by atoms with Gasteiger partial charge in [0.1, 0.15) is 0 Å². The average molecular weight is 110 g/mol. The second-order valence-corrected chi connectivity index (χ2v) is 1.61. The first-order valence-corrected chi connectivity index (χ1v) is 2.41. The summed E-state index contributed by atoms with van der Waals surface area (Å²) in [5.41, 5.74) is 0. The molecule has 0 atom stereocenters. The predicted molar refractivity (Wildman–Crippen MR) is 32.9 cm³/mol. The molecule has 0 unspecified atom stereocenters. The third kappa shape index (κ3) is 1.80. The lowest BCUT2D eigenvalue weighted by Crippen LogP contribution is -1.16. The number of thiophene rings is 1. The van der Waals surface area contributed by atoms with Crippen molar-refractivity contribution in [2.24, 2.45) is 0 Å². The van der Waals surface area contributed by atoms with Crippen LogP contribution in [0, 0.1) is 0 Å². The van der Waals surface area contributed by atoms with Crippen LogP contribution >= 0.6 is 11.3 Å². The first-order chi connectivity index (χ1) is 2.50. The molecule has 0 amide bonds. The van der Waals surface area contributed by atoms with E-state index in [1.807, 2.05) is 22.9 Å². The Morgan fingerprint density at radius 1 is 1.00 bits per heavy atom. The largest absolute Gasteiger partial charge is 0.316 e. The van der Waals surface area contributed by atoms with Gasteiger partial charge in [-0.15, -0.1) is 0 Å². The van der Waals surface area contributed by atoms with Crippen molar-refractivity contribution >= 4 is 34.4 Å². The number of hydrogen-bond donors (Lipinski definition) is 0. The summed E-state index contributed by atoms with van der Waals surface area (Å²) in [7, 11) is 0. The average Bonchev–Trinajstić information content (AvgIpc) is 1.76. The predicted octanol–water partition coefficient (Wildman–Crippen LogP) is 0.832. The van der Waals surface area contributed by atoms with Crippen molar-refractivity contribution in [3.8, 4) is 0 Å². The van der Waals surface area contributed by atoms with Gasteiger partial charge in [-0.25, -0.2) is 0 Å². The van der Waals surface area contributed by atoms with E-state index in [-0.39, 0.29) is 23.1 Å². The van der Waals surface area contributed by atoms with Crippen LogP contribution in [0.5, 0.6) is 0 Å². The molecule has 0 fully saturated rings. The summed E-state index contributed by atoms with van der Waals surface area (Å²) in [4.78, 5) is 0. The molecule has 0 nitrogen and oxygen atoms in total. The van der Waals surface area contributed by atoms with Gasteiger partial charge in [-0.3, -0.25) is 0 Å². The van der Waals surface area contributed by atoms with Crippen molar-refractivity contribution in [3.63, 3.8) is 0 Å². The summed E-state index contributed by atoms with van der Waals surface area (Å²) in [6.45, 7) is 0. The van der Waals surface area contributed by atoms with E-state index in [1.54, 1.807) is 11.3 Å². The molecular weight excluding hydrogens is 104 g/mol. The van der Waals surface area contributed by atoms with Gasteiger partial charge >= 0.3 is 23.1 Å². The van der Waals surface area contributed by atoms with Crippen LogP contribution in [-0.2, 0) is 0 Å². The molecule has 30 valence electrons. The summed E-state index contributed by atoms with van der Waals surface area (Å²) < 4.78 is 0. The van der Waals surface area contributed by atoms with Crippen LogP contribution in [0.1, 0.15) is 0 Å². The second-order valence-electron chi connectivity index (χ2n) is 0.793. The Hall–Kier alpha value is 0.466. The van der Waals surface area contributed by atoms with Crippen molar-refractivity contribution in [2.75, 3.05) is 0 Å². The van der Waals surface area contributed by atoms with Crippen LogP contribution in [0.15, 0.2) is 22.9 Å². The molecule has 0 aliphatic heterocycles. The molecule has 1 heterocycles. The van der Waals surface area contributed by atoms with Crippen LogP contribution in [-0.4, -0.2) is 23.1 Å². The summed E-state index contributed by atoms with van der Waals surface area (Å²) >= 11 is 1.71.